The maximum Gasteiger partial charge on any atom is 0.250 e. The van der Waals surface area contributed by atoms with Gasteiger partial charge in [-0.2, -0.15) is 4.98 Å². The van der Waals surface area contributed by atoms with Crippen LogP contribution in [0.3, 0.4) is 0 Å². The molecule has 0 fully saturated rings. The maximum atomic E-state index is 5.83. The van der Waals surface area contributed by atoms with Crippen molar-refractivity contribution >= 4 is 29.2 Å². The van der Waals surface area contributed by atoms with Crippen LogP contribution < -0.4 is 20.7 Å². The summed E-state index contributed by atoms with van der Waals surface area (Å²) in [7, 11) is 7.68. The van der Waals surface area contributed by atoms with Gasteiger partial charge >= 0.3 is 0 Å². The minimum atomic E-state index is 0.461. The van der Waals surface area contributed by atoms with Gasteiger partial charge in [0.2, 0.25) is 11.9 Å². The number of nitrogens with zero attached hydrogens (tertiary/aromatic N) is 4. The Bertz CT molecular complexity index is 717. The number of nitrogens with one attached hydrogen (secondary N) is 3. The molecule has 0 saturated heterocycles. The highest BCUT2D eigenvalue weighted by Crippen LogP contribution is 2.14. The van der Waals surface area contributed by atoms with Gasteiger partial charge in [0.25, 0.3) is 0 Å². The fourth-order valence-corrected chi connectivity index (χ4v) is 2.41. The third-order valence-corrected chi connectivity index (χ3v) is 3.79. The quantitative estimate of drug-likeness (QED) is 0.450. The second-order valence-corrected chi connectivity index (χ2v) is 6.51. The van der Waals surface area contributed by atoms with Gasteiger partial charge < -0.3 is 20.3 Å². The number of aryl methyl sites for hydroxylation is 1. The van der Waals surface area contributed by atoms with Crippen LogP contribution in [0.4, 0.5) is 11.9 Å². The number of anilines is 2. The van der Waals surface area contributed by atoms with Crippen molar-refractivity contribution in [3.05, 3.63) is 29.8 Å². The molecule has 26 heavy (non-hydrogen) atoms. The van der Waals surface area contributed by atoms with E-state index in [2.05, 4.69) is 57.2 Å². The number of hydrogen-bond donors (Lipinski definition) is 3. The van der Waals surface area contributed by atoms with Crippen molar-refractivity contribution in [3.63, 3.8) is 0 Å². The lowest BCUT2D eigenvalue weighted by atomic mass is 10.2. The summed E-state index contributed by atoms with van der Waals surface area (Å²) >= 11 is 5.04. The van der Waals surface area contributed by atoms with Gasteiger partial charge in [-0.1, -0.05) is 12.1 Å². The molecule has 0 aliphatic rings. The minimum absolute atomic E-state index is 0.461. The van der Waals surface area contributed by atoms with E-state index in [0.29, 0.717) is 23.6 Å². The molecule has 142 valence electrons. The molecule has 1 heterocycles. The Labute approximate surface area is 159 Å². The number of hydrogen-bond acceptors (Lipinski definition) is 6. The molecule has 0 spiro atoms. The molecule has 0 unspecified atom stereocenters. The molecule has 0 bridgehead atoms. The average molecular weight is 378 g/mol. The van der Waals surface area contributed by atoms with Crippen LogP contribution >= 0.6 is 12.2 Å². The van der Waals surface area contributed by atoms with Crippen molar-refractivity contribution in [3.8, 4) is 5.75 Å². The molecule has 0 amide bonds. The van der Waals surface area contributed by atoms with Gasteiger partial charge in [0, 0.05) is 27.2 Å². The monoisotopic (exact) mass is 377 g/mol. The van der Waals surface area contributed by atoms with Gasteiger partial charge in [-0.05, 0) is 50.4 Å². The van der Waals surface area contributed by atoms with Crippen molar-refractivity contribution < 1.29 is 4.74 Å². The second kappa shape index (κ2) is 9.93. The van der Waals surface area contributed by atoms with Gasteiger partial charge in [0.1, 0.15) is 5.75 Å². The molecular formula is C17H27N7OS. The fraction of sp³-hybridized carbons (Fsp3) is 0.471. The van der Waals surface area contributed by atoms with Crippen molar-refractivity contribution in [1.29, 1.82) is 0 Å². The maximum absolute atomic E-state index is 5.83. The summed E-state index contributed by atoms with van der Waals surface area (Å²) in [6.07, 6.45) is 0.850. The summed E-state index contributed by atoms with van der Waals surface area (Å²) in [5, 5.41) is 13.7. The lowest BCUT2D eigenvalue weighted by molar-refractivity contribution is 0.313. The molecule has 1 aromatic heterocycles. The zero-order valence-corrected chi connectivity index (χ0v) is 16.6. The summed E-state index contributed by atoms with van der Waals surface area (Å²) in [5.74, 6) is 2.04. The molecule has 2 rings (SSSR count). The number of aromatic nitrogens is 3. The van der Waals surface area contributed by atoms with Crippen LogP contribution in [0.5, 0.6) is 5.75 Å². The van der Waals surface area contributed by atoms with Gasteiger partial charge in [0.05, 0.1) is 6.61 Å². The molecule has 0 saturated carbocycles. The Morgan fingerprint density at radius 1 is 1.35 bits per heavy atom. The molecule has 3 N–H and O–H groups in total. The van der Waals surface area contributed by atoms with Crippen molar-refractivity contribution in [2.24, 2.45) is 7.05 Å². The summed E-state index contributed by atoms with van der Waals surface area (Å²) in [6, 6.07) is 8.19. The molecule has 8 nitrogen and oxygen atoms in total. The lowest BCUT2D eigenvalue weighted by Crippen LogP contribution is -2.24. The van der Waals surface area contributed by atoms with Crippen molar-refractivity contribution in [1.82, 2.24) is 25.0 Å². The Kier molecular flexibility index (Phi) is 7.61. The average Bonchev–Trinajstić information content (AvgIpc) is 2.93. The summed E-state index contributed by atoms with van der Waals surface area (Å²) in [6.45, 7) is 2.27. The Morgan fingerprint density at radius 3 is 2.88 bits per heavy atom. The zero-order chi connectivity index (χ0) is 18.9. The first-order chi connectivity index (χ1) is 12.5. The number of benzene rings is 1. The minimum Gasteiger partial charge on any atom is -0.494 e. The number of rotatable bonds is 9. The van der Waals surface area contributed by atoms with Gasteiger partial charge in [0.15, 0.2) is 5.11 Å². The van der Waals surface area contributed by atoms with Crippen molar-refractivity contribution in [2.45, 2.75) is 13.0 Å². The highest BCUT2D eigenvalue weighted by molar-refractivity contribution is 7.80. The van der Waals surface area contributed by atoms with Crippen LogP contribution in [0, 0.1) is 0 Å². The normalized spacial score (nSPS) is 10.7. The highest BCUT2D eigenvalue weighted by Gasteiger charge is 2.07. The van der Waals surface area contributed by atoms with Gasteiger partial charge in [-0.15, -0.1) is 5.10 Å². The van der Waals surface area contributed by atoms with Crippen LogP contribution in [-0.2, 0) is 13.6 Å². The number of thiocarbonyl (C=S) groups is 1. The van der Waals surface area contributed by atoms with E-state index in [0.717, 1.165) is 25.3 Å². The Hall–Kier alpha value is -2.39. The SMILES string of the molecule is CNC(=S)Nc1nc(NCCCOc2cccc(CN(C)C)c2)n(C)n1. The first-order valence-electron chi connectivity index (χ1n) is 8.48. The van der Waals surface area contributed by atoms with Crippen LogP contribution in [-0.4, -0.2) is 59.1 Å². The first-order valence-corrected chi connectivity index (χ1v) is 8.89. The topological polar surface area (TPSA) is 79.3 Å². The predicted octanol–water partition coefficient (Wildman–Crippen LogP) is 1.67. The third kappa shape index (κ3) is 6.49. The summed E-state index contributed by atoms with van der Waals surface area (Å²) in [4.78, 5) is 6.48. The smallest absolute Gasteiger partial charge is 0.250 e. The van der Waals surface area contributed by atoms with E-state index in [1.165, 1.54) is 5.56 Å². The summed E-state index contributed by atoms with van der Waals surface area (Å²) in [5.41, 5.74) is 1.24. The molecule has 2 aromatic rings. The molecule has 0 aliphatic carbocycles. The Morgan fingerprint density at radius 2 is 2.15 bits per heavy atom. The molecule has 0 aliphatic heterocycles. The highest BCUT2D eigenvalue weighted by atomic mass is 32.1. The lowest BCUT2D eigenvalue weighted by Gasteiger charge is -2.12. The molecule has 9 heteroatoms. The van der Waals surface area contributed by atoms with E-state index < -0.39 is 0 Å². The standard InChI is InChI=1S/C17H27N7OS/c1-18-17(26)21-15-20-16(24(4)22-15)19-9-6-10-25-14-8-5-7-13(11-14)12-23(2)3/h5,7-8,11H,6,9-10,12H2,1-4H3,(H3,18,19,20,21,22,26). The van der Waals surface area contributed by atoms with E-state index in [9.17, 15) is 0 Å². The van der Waals surface area contributed by atoms with E-state index in [4.69, 9.17) is 17.0 Å². The van der Waals surface area contributed by atoms with Crippen LogP contribution in [0.15, 0.2) is 24.3 Å². The van der Waals surface area contributed by atoms with Crippen molar-refractivity contribution in [2.75, 3.05) is 44.9 Å². The van der Waals surface area contributed by atoms with E-state index in [-0.39, 0.29) is 0 Å². The molecular weight excluding hydrogens is 350 g/mol. The molecule has 0 atom stereocenters. The van der Waals surface area contributed by atoms with Crippen LogP contribution in [0.25, 0.3) is 0 Å². The Balaban J connectivity index is 1.73. The fourth-order valence-electron chi connectivity index (χ4n) is 2.32. The zero-order valence-electron chi connectivity index (χ0n) is 15.7. The predicted molar refractivity (Wildman–Crippen MR) is 109 cm³/mol. The number of ether oxygens (including phenoxy) is 1. The second-order valence-electron chi connectivity index (χ2n) is 6.10. The van der Waals surface area contributed by atoms with E-state index in [1.807, 2.05) is 19.2 Å². The first kappa shape index (κ1) is 19.9. The molecule has 0 radical (unpaired) electrons. The van der Waals surface area contributed by atoms with Gasteiger partial charge in [-0.3, -0.25) is 5.32 Å². The largest absolute Gasteiger partial charge is 0.494 e. The molecule has 1 aromatic carbocycles. The van der Waals surface area contributed by atoms with Gasteiger partial charge in [-0.25, -0.2) is 4.68 Å². The van der Waals surface area contributed by atoms with Crippen LogP contribution in [0.2, 0.25) is 0 Å². The van der Waals surface area contributed by atoms with Crippen LogP contribution in [0.1, 0.15) is 12.0 Å². The van der Waals surface area contributed by atoms with E-state index >= 15 is 0 Å². The third-order valence-electron chi connectivity index (χ3n) is 3.49. The summed E-state index contributed by atoms with van der Waals surface area (Å²) < 4.78 is 7.50. The van der Waals surface area contributed by atoms with E-state index in [1.54, 1.807) is 11.7 Å².